The maximum atomic E-state index is 9.45. The van der Waals surface area contributed by atoms with Gasteiger partial charge in [-0.3, -0.25) is 0 Å². The molecule has 0 spiro atoms. The second kappa shape index (κ2) is 7.43. The predicted octanol–water partition coefficient (Wildman–Crippen LogP) is 5.86. The third-order valence-electron chi connectivity index (χ3n) is 3.49. The molecule has 118 valence electrons. The topological polar surface area (TPSA) is 48.7 Å². The molecule has 3 nitrogen and oxygen atoms in total. The van der Waals surface area contributed by atoms with Crippen LogP contribution >= 0.6 is 27.3 Å². The van der Waals surface area contributed by atoms with E-state index in [0.717, 1.165) is 27.0 Å². The van der Waals surface area contributed by atoms with Crippen LogP contribution in [0, 0.1) is 18.3 Å². The quantitative estimate of drug-likeness (QED) is 0.562. The van der Waals surface area contributed by atoms with Gasteiger partial charge in [-0.25, -0.2) is 4.98 Å². The van der Waals surface area contributed by atoms with Crippen molar-refractivity contribution in [2.75, 3.05) is 5.32 Å². The molecule has 1 heterocycles. The molecule has 0 saturated carbocycles. The van der Waals surface area contributed by atoms with E-state index in [1.807, 2.05) is 60.8 Å². The molecule has 0 bridgehead atoms. The maximum Gasteiger partial charge on any atom is 0.136 e. The van der Waals surface area contributed by atoms with Gasteiger partial charge in [0.05, 0.1) is 5.69 Å². The smallest absolute Gasteiger partial charge is 0.136 e. The summed E-state index contributed by atoms with van der Waals surface area (Å²) in [6, 6.07) is 18.1. The molecular formula is C19H14BrN3S. The van der Waals surface area contributed by atoms with Crippen LogP contribution in [0.3, 0.4) is 0 Å². The minimum absolute atomic E-state index is 0.518. The van der Waals surface area contributed by atoms with Gasteiger partial charge in [0.1, 0.15) is 16.6 Å². The van der Waals surface area contributed by atoms with Gasteiger partial charge < -0.3 is 5.32 Å². The number of hydrogen-bond acceptors (Lipinski definition) is 4. The Morgan fingerprint density at radius 2 is 2.08 bits per heavy atom. The summed E-state index contributed by atoms with van der Waals surface area (Å²) >= 11 is 4.93. The van der Waals surface area contributed by atoms with Crippen LogP contribution in [-0.2, 0) is 0 Å². The predicted molar refractivity (Wildman–Crippen MR) is 104 cm³/mol. The number of aromatic nitrogens is 1. The third kappa shape index (κ3) is 3.73. The second-order valence-corrected chi connectivity index (χ2v) is 6.95. The Morgan fingerprint density at radius 1 is 1.25 bits per heavy atom. The molecular weight excluding hydrogens is 382 g/mol. The van der Waals surface area contributed by atoms with Gasteiger partial charge in [-0.05, 0) is 30.7 Å². The molecule has 1 aromatic heterocycles. The van der Waals surface area contributed by atoms with Crippen LogP contribution in [0.15, 0.2) is 64.6 Å². The Hall–Kier alpha value is -2.42. The highest BCUT2D eigenvalue weighted by molar-refractivity contribution is 9.10. The summed E-state index contributed by atoms with van der Waals surface area (Å²) in [4.78, 5) is 4.59. The fourth-order valence-electron chi connectivity index (χ4n) is 2.20. The number of aryl methyl sites for hydroxylation is 1. The minimum Gasteiger partial charge on any atom is -0.360 e. The van der Waals surface area contributed by atoms with E-state index < -0.39 is 0 Å². The van der Waals surface area contributed by atoms with E-state index in [9.17, 15) is 5.26 Å². The molecule has 0 aliphatic rings. The number of rotatable bonds is 4. The van der Waals surface area contributed by atoms with Crippen molar-refractivity contribution in [2.45, 2.75) is 6.92 Å². The number of thiazole rings is 1. The standard InChI is InChI=1S/C19H14BrN3S/c1-13-5-2-3-8-17(13)22-11-15(10-21)19-23-18(12-24-19)14-6-4-7-16(20)9-14/h2-9,11-12,22H,1H3/b15-11+. The van der Waals surface area contributed by atoms with Gasteiger partial charge in [-0.1, -0.05) is 46.3 Å². The molecule has 0 unspecified atom stereocenters. The summed E-state index contributed by atoms with van der Waals surface area (Å²) in [7, 11) is 0. The first-order chi connectivity index (χ1) is 11.7. The zero-order valence-corrected chi connectivity index (χ0v) is 15.4. The van der Waals surface area contributed by atoms with Crippen molar-refractivity contribution in [1.82, 2.24) is 4.98 Å². The maximum absolute atomic E-state index is 9.45. The lowest BCUT2D eigenvalue weighted by molar-refractivity contribution is 1.36. The number of benzene rings is 2. The Kier molecular flexibility index (Phi) is 5.09. The van der Waals surface area contributed by atoms with Crippen LogP contribution in [0.25, 0.3) is 16.8 Å². The van der Waals surface area contributed by atoms with Crippen LogP contribution in [0.2, 0.25) is 0 Å². The lowest BCUT2D eigenvalue weighted by Gasteiger charge is -2.04. The summed E-state index contributed by atoms with van der Waals surface area (Å²) < 4.78 is 1.01. The van der Waals surface area contributed by atoms with Crippen molar-refractivity contribution in [2.24, 2.45) is 0 Å². The number of halogens is 1. The fraction of sp³-hybridized carbons (Fsp3) is 0.0526. The second-order valence-electron chi connectivity index (χ2n) is 5.18. The molecule has 0 aliphatic heterocycles. The highest BCUT2D eigenvalue weighted by Crippen LogP contribution is 2.27. The summed E-state index contributed by atoms with van der Waals surface area (Å²) in [5.74, 6) is 0. The Balaban J connectivity index is 1.86. The minimum atomic E-state index is 0.518. The SMILES string of the molecule is Cc1ccccc1N/C=C(\C#N)c1nc(-c2cccc(Br)c2)cs1. The van der Waals surface area contributed by atoms with Gasteiger partial charge in [0, 0.05) is 27.3 Å². The monoisotopic (exact) mass is 395 g/mol. The van der Waals surface area contributed by atoms with Gasteiger partial charge in [-0.15, -0.1) is 11.3 Å². The van der Waals surface area contributed by atoms with E-state index in [-0.39, 0.29) is 0 Å². The molecule has 0 aliphatic carbocycles. The summed E-state index contributed by atoms with van der Waals surface area (Å²) in [5.41, 5.74) is 4.52. The molecule has 3 aromatic rings. The van der Waals surface area contributed by atoms with Crippen molar-refractivity contribution in [3.63, 3.8) is 0 Å². The highest BCUT2D eigenvalue weighted by atomic mass is 79.9. The molecule has 3 rings (SSSR count). The molecule has 0 amide bonds. The van der Waals surface area contributed by atoms with Crippen LogP contribution in [0.1, 0.15) is 10.6 Å². The number of nitrogens with zero attached hydrogens (tertiary/aromatic N) is 2. The number of para-hydroxylation sites is 1. The molecule has 0 saturated heterocycles. The summed E-state index contributed by atoms with van der Waals surface area (Å²) in [6.45, 7) is 2.02. The number of anilines is 1. The zero-order valence-electron chi connectivity index (χ0n) is 13.0. The normalized spacial score (nSPS) is 11.1. The number of nitrogens with one attached hydrogen (secondary N) is 1. The number of nitriles is 1. The van der Waals surface area contributed by atoms with E-state index in [1.165, 1.54) is 11.3 Å². The Morgan fingerprint density at radius 3 is 2.83 bits per heavy atom. The van der Waals surface area contributed by atoms with Gasteiger partial charge in [-0.2, -0.15) is 5.26 Å². The first-order valence-corrected chi connectivity index (χ1v) is 8.99. The van der Waals surface area contributed by atoms with Crippen LogP contribution in [0.5, 0.6) is 0 Å². The first kappa shape index (κ1) is 16.4. The molecule has 0 fully saturated rings. The van der Waals surface area contributed by atoms with E-state index >= 15 is 0 Å². The van der Waals surface area contributed by atoms with E-state index in [4.69, 9.17) is 0 Å². The van der Waals surface area contributed by atoms with Gasteiger partial charge in [0.2, 0.25) is 0 Å². The molecule has 1 N–H and O–H groups in total. The molecule has 5 heteroatoms. The molecule has 2 aromatic carbocycles. The average Bonchev–Trinajstić information content (AvgIpc) is 3.07. The van der Waals surface area contributed by atoms with E-state index in [1.54, 1.807) is 6.20 Å². The number of allylic oxidation sites excluding steroid dienone is 1. The van der Waals surface area contributed by atoms with Gasteiger partial charge in [0.25, 0.3) is 0 Å². The van der Waals surface area contributed by atoms with Crippen molar-refractivity contribution in [3.05, 3.63) is 75.2 Å². The molecule has 0 atom stereocenters. The fourth-order valence-corrected chi connectivity index (χ4v) is 3.40. The first-order valence-electron chi connectivity index (χ1n) is 7.31. The van der Waals surface area contributed by atoms with Gasteiger partial charge in [0.15, 0.2) is 0 Å². The third-order valence-corrected chi connectivity index (χ3v) is 4.86. The Labute approximate surface area is 153 Å². The van der Waals surface area contributed by atoms with Crippen LogP contribution in [0.4, 0.5) is 5.69 Å². The van der Waals surface area contributed by atoms with E-state index in [2.05, 4.69) is 32.3 Å². The summed E-state index contributed by atoms with van der Waals surface area (Å²) in [6.07, 6.45) is 1.71. The van der Waals surface area contributed by atoms with Crippen LogP contribution < -0.4 is 5.32 Å². The van der Waals surface area contributed by atoms with Crippen molar-refractivity contribution in [1.29, 1.82) is 5.26 Å². The summed E-state index contributed by atoms with van der Waals surface area (Å²) in [5, 5.41) is 15.3. The van der Waals surface area contributed by atoms with E-state index in [0.29, 0.717) is 10.6 Å². The molecule has 24 heavy (non-hydrogen) atoms. The lowest BCUT2D eigenvalue weighted by Crippen LogP contribution is -1.93. The molecule has 0 radical (unpaired) electrons. The highest BCUT2D eigenvalue weighted by Gasteiger charge is 2.09. The average molecular weight is 396 g/mol. The largest absolute Gasteiger partial charge is 0.360 e. The van der Waals surface area contributed by atoms with Crippen LogP contribution in [-0.4, -0.2) is 4.98 Å². The zero-order chi connectivity index (χ0) is 16.9. The Bertz CT molecular complexity index is 938. The van der Waals surface area contributed by atoms with Crippen molar-refractivity contribution < 1.29 is 0 Å². The van der Waals surface area contributed by atoms with Crippen molar-refractivity contribution >= 4 is 38.5 Å². The van der Waals surface area contributed by atoms with Crippen molar-refractivity contribution in [3.8, 4) is 17.3 Å². The van der Waals surface area contributed by atoms with Gasteiger partial charge >= 0.3 is 0 Å². The number of hydrogen-bond donors (Lipinski definition) is 1. The lowest BCUT2D eigenvalue weighted by atomic mass is 10.2.